The van der Waals surface area contributed by atoms with Crippen LogP contribution in [0.15, 0.2) is 36.5 Å². The number of carbonyl (C=O) groups excluding carboxylic acids is 1. The van der Waals surface area contributed by atoms with E-state index in [1.807, 2.05) is 13.0 Å². The third kappa shape index (κ3) is 2.60. The minimum absolute atomic E-state index is 0.0264. The number of non-ortho nitro benzene ring substituents is 1. The van der Waals surface area contributed by atoms with Gasteiger partial charge >= 0.3 is 0 Å². The molecule has 92 valence electrons. The van der Waals surface area contributed by atoms with Crippen molar-refractivity contribution in [2.24, 2.45) is 0 Å². The molecule has 0 fully saturated rings. The lowest BCUT2D eigenvalue weighted by Crippen LogP contribution is -2.11. The first-order valence-electron chi connectivity index (χ1n) is 5.34. The number of hydrogen-bond acceptors (Lipinski definition) is 4. The van der Waals surface area contributed by atoms with E-state index in [1.54, 1.807) is 10.9 Å². The second-order valence-corrected chi connectivity index (χ2v) is 3.88. The average molecular weight is 245 g/mol. The molecule has 1 heterocycles. The van der Waals surface area contributed by atoms with Crippen molar-refractivity contribution in [3.8, 4) is 0 Å². The van der Waals surface area contributed by atoms with E-state index in [1.165, 1.54) is 24.3 Å². The van der Waals surface area contributed by atoms with Crippen molar-refractivity contribution in [1.82, 2.24) is 9.78 Å². The molecule has 0 aliphatic heterocycles. The molecule has 6 heteroatoms. The fourth-order valence-electron chi connectivity index (χ4n) is 1.56. The third-order valence-corrected chi connectivity index (χ3v) is 2.48. The van der Waals surface area contributed by atoms with Gasteiger partial charge in [-0.15, -0.1) is 0 Å². The Bertz CT molecular complexity index is 587. The number of hydrogen-bond donors (Lipinski definition) is 0. The summed E-state index contributed by atoms with van der Waals surface area (Å²) < 4.78 is 1.54. The number of nitro groups is 1. The summed E-state index contributed by atoms with van der Waals surface area (Å²) in [6, 6.07) is 7.36. The van der Waals surface area contributed by atoms with E-state index < -0.39 is 4.92 Å². The van der Waals surface area contributed by atoms with Crippen molar-refractivity contribution in [3.63, 3.8) is 0 Å². The largest absolute Gasteiger partial charge is 0.292 e. The van der Waals surface area contributed by atoms with Gasteiger partial charge in [-0.25, -0.2) is 0 Å². The summed E-state index contributed by atoms with van der Waals surface area (Å²) in [5.41, 5.74) is 1.25. The molecule has 0 aliphatic rings. The standard InChI is InChI=1S/C12H11N3O3/c1-9-6-7-14(13-9)8-12(16)10-2-4-11(5-3-10)15(17)18/h2-7H,8H2,1H3. The van der Waals surface area contributed by atoms with Crippen molar-refractivity contribution in [3.05, 3.63) is 57.9 Å². The van der Waals surface area contributed by atoms with Crippen molar-refractivity contribution in [2.75, 3.05) is 0 Å². The quantitative estimate of drug-likeness (QED) is 0.468. The van der Waals surface area contributed by atoms with Crippen molar-refractivity contribution in [2.45, 2.75) is 13.5 Å². The van der Waals surface area contributed by atoms with Crippen molar-refractivity contribution >= 4 is 11.5 Å². The van der Waals surface area contributed by atoms with E-state index in [2.05, 4.69) is 5.10 Å². The van der Waals surface area contributed by atoms with Crippen LogP contribution in [0.4, 0.5) is 5.69 Å². The Morgan fingerprint density at radius 1 is 1.33 bits per heavy atom. The molecule has 0 saturated heterocycles. The van der Waals surface area contributed by atoms with E-state index in [0.29, 0.717) is 5.56 Å². The number of ketones is 1. The van der Waals surface area contributed by atoms with Crippen LogP contribution in [-0.2, 0) is 6.54 Å². The minimum Gasteiger partial charge on any atom is -0.292 e. The summed E-state index contributed by atoms with van der Waals surface area (Å²) in [4.78, 5) is 21.9. The Kier molecular flexibility index (Phi) is 3.18. The molecule has 2 rings (SSSR count). The Labute approximate surface area is 103 Å². The first-order chi connectivity index (χ1) is 8.56. The molecule has 6 nitrogen and oxygen atoms in total. The Morgan fingerprint density at radius 2 is 2.00 bits per heavy atom. The maximum absolute atomic E-state index is 11.9. The Morgan fingerprint density at radius 3 is 2.50 bits per heavy atom. The van der Waals surface area contributed by atoms with Crippen LogP contribution in [0.5, 0.6) is 0 Å². The molecule has 0 amide bonds. The van der Waals surface area contributed by atoms with E-state index in [4.69, 9.17) is 0 Å². The molecule has 0 N–H and O–H groups in total. The Hall–Kier alpha value is -2.50. The molecule has 0 unspecified atom stereocenters. The van der Waals surface area contributed by atoms with E-state index in [9.17, 15) is 14.9 Å². The summed E-state index contributed by atoms with van der Waals surface area (Å²) >= 11 is 0. The zero-order chi connectivity index (χ0) is 13.1. The number of aromatic nitrogens is 2. The lowest BCUT2D eigenvalue weighted by atomic mass is 10.1. The van der Waals surface area contributed by atoms with Gasteiger partial charge in [0.1, 0.15) is 6.54 Å². The van der Waals surface area contributed by atoms with Gasteiger partial charge in [-0.2, -0.15) is 5.10 Å². The molecule has 0 bridgehead atoms. The molecule has 0 aliphatic carbocycles. The van der Waals surface area contributed by atoms with Gasteiger partial charge in [-0.05, 0) is 25.1 Å². The smallest absolute Gasteiger partial charge is 0.269 e. The van der Waals surface area contributed by atoms with E-state index in [0.717, 1.165) is 5.69 Å². The normalized spacial score (nSPS) is 10.3. The maximum atomic E-state index is 11.9. The fraction of sp³-hybridized carbons (Fsp3) is 0.167. The third-order valence-electron chi connectivity index (χ3n) is 2.48. The number of carbonyl (C=O) groups is 1. The molecule has 2 aromatic rings. The predicted octanol–water partition coefficient (Wildman–Crippen LogP) is 1.98. The predicted molar refractivity (Wildman–Crippen MR) is 64.4 cm³/mol. The van der Waals surface area contributed by atoms with Crippen LogP contribution in [0.1, 0.15) is 16.1 Å². The molecule has 1 aromatic carbocycles. The van der Waals surface area contributed by atoms with E-state index in [-0.39, 0.29) is 18.0 Å². The SMILES string of the molecule is Cc1ccn(CC(=O)c2ccc([N+](=O)[O-])cc2)n1. The molecule has 0 atom stereocenters. The van der Waals surface area contributed by atoms with Gasteiger partial charge in [0.25, 0.3) is 5.69 Å². The second kappa shape index (κ2) is 4.79. The van der Waals surface area contributed by atoms with Crippen LogP contribution in [0.25, 0.3) is 0 Å². The molecule has 1 aromatic heterocycles. The number of benzene rings is 1. The van der Waals surface area contributed by atoms with Crippen LogP contribution >= 0.6 is 0 Å². The van der Waals surface area contributed by atoms with Crippen LogP contribution in [0.3, 0.4) is 0 Å². The molecule has 18 heavy (non-hydrogen) atoms. The zero-order valence-electron chi connectivity index (χ0n) is 9.74. The van der Waals surface area contributed by atoms with Crippen LogP contribution in [0, 0.1) is 17.0 Å². The summed E-state index contributed by atoms with van der Waals surface area (Å²) in [6.45, 7) is 1.97. The molecule has 0 spiro atoms. The van der Waals surface area contributed by atoms with Gasteiger partial charge in [-0.1, -0.05) is 0 Å². The lowest BCUT2D eigenvalue weighted by Gasteiger charge is -2.01. The monoisotopic (exact) mass is 245 g/mol. The van der Waals surface area contributed by atoms with Gasteiger partial charge in [-0.3, -0.25) is 19.6 Å². The summed E-state index contributed by atoms with van der Waals surface area (Å²) in [5, 5.41) is 14.6. The van der Waals surface area contributed by atoms with E-state index >= 15 is 0 Å². The van der Waals surface area contributed by atoms with Crippen LogP contribution in [0.2, 0.25) is 0 Å². The highest BCUT2D eigenvalue weighted by Gasteiger charge is 2.10. The molecular weight excluding hydrogens is 234 g/mol. The minimum atomic E-state index is -0.495. The number of rotatable bonds is 4. The van der Waals surface area contributed by atoms with Gasteiger partial charge in [0.15, 0.2) is 5.78 Å². The fourth-order valence-corrected chi connectivity index (χ4v) is 1.56. The first kappa shape index (κ1) is 12.0. The number of nitrogens with zero attached hydrogens (tertiary/aromatic N) is 3. The first-order valence-corrected chi connectivity index (χ1v) is 5.34. The molecule has 0 saturated carbocycles. The summed E-state index contributed by atoms with van der Waals surface area (Å²) in [7, 11) is 0. The lowest BCUT2D eigenvalue weighted by molar-refractivity contribution is -0.384. The van der Waals surface area contributed by atoms with Gasteiger partial charge in [0.2, 0.25) is 0 Å². The highest BCUT2D eigenvalue weighted by Crippen LogP contribution is 2.12. The van der Waals surface area contributed by atoms with Crippen LogP contribution in [-0.4, -0.2) is 20.5 Å². The van der Waals surface area contributed by atoms with Gasteiger partial charge < -0.3 is 0 Å². The number of nitro benzene ring substituents is 1. The number of Topliss-reactive ketones (excluding diaryl/α,β-unsaturated/α-hetero) is 1. The van der Waals surface area contributed by atoms with Gasteiger partial charge in [0.05, 0.1) is 10.6 Å². The molecule has 0 radical (unpaired) electrons. The average Bonchev–Trinajstić information content (AvgIpc) is 2.75. The van der Waals surface area contributed by atoms with Gasteiger partial charge in [0, 0.05) is 23.9 Å². The topological polar surface area (TPSA) is 78.0 Å². The Balaban J connectivity index is 2.11. The summed E-state index contributed by atoms with van der Waals surface area (Å²) in [5.74, 6) is -0.131. The summed E-state index contributed by atoms with van der Waals surface area (Å²) in [6.07, 6.45) is 1.72. The maximum Gasteiger partial charge on any atom is 0.269 e. The highest BCUT2D eigenvalue weighted by atomic mass is 16.6. The highest BCUT2D eigenvalue weighted by molar-refractivity contribution is 5.96. The van der Waals surface area contributed by atoms with Crippen molar-refractivity contribution in [1.29, 1.82) is 0 Å². The molecular formula is C12H11N3O3. The van der Waals surface area contributed by atoms with Crippen molar-refractivity contribution < 1.29 is 9.72 Å². The van der Waals surface area contributed by atoms with Crippen LogP contribution < -0.4 is 0 Å². The number of aryl methyl sites for hydroxylation is 1. The second-order valence-electron chi connectivity index (χ2n) is 3.88. The zero-order valence-corrected chi connectivity index (χ0v) is 9.74.